The highest BCUT2D eigenvalue weighted by atomic mass is 16.5. The SMILES string of the molecule is [CH2-]C1CC1OC. The standard InChI is InChI=1S/C5H9O/c1-4-3-5(4)6-2/h4-5H,1,3H2,2H3/q-1. The molecular formula is C5H9O-. The average molecular weight is 85.1 g/mol. The smallest absolute Gasteiger partial charge is 0.0357 e. The summed E-state index contributed by atoms with van der Waals surface area (Å²) in [5.74, 6) is 0.593. The monoisotopic (exact) mass is 85.1 g/mol. The summed E-state index contributed by atoms with van der Waals surface area (Å²) in [6.07, 6.45) is 1.65. The van der Waals surface area contributed by atoms with Crippen LogP contribution in [0.3, 0.4) is 0 Å². The predicted molar refractivity (Wildman–Crippen MR) is 24.3 cm³/mol. The van der Waals surface area contributed by atoms with Gasteiger partial charge in [-0.25, -0.2) is 0 Å². The average Bonchev–Trinajstić information content (AvgIpc) is 2.19. The first-order valence-corrected chi connectivity index (χ1v) is 2.20. The Bertz CT molecular complexity index is 49.9. The molecule has 0 radical (unpaired) electrons. The molecule has 0 aromatic carbocycles. The first-order valence-electron chi connectivity index (χ1n) is 2.20. The molecule has 2 unspecified atom stereocenters. The minimum atomic E-state index is 0.491. The molecule has 2 atom stereocenters. The van der Waals surface area contributed by atoms with Crippen molar-refractivity contribution in [1.82, 2.24) is 0 Å². The van der Waals surface area contributed by atoms with Gasteiger partial charge < -0.3 is 11.7 Å². The molecule has 0 amide bonds. The highest BCUT2D eigenvalue weighted by molar-refractivity contribution is 4.88. The Kier molecular flexibility index (Phi) is 0.845. The van der Waals surface area contributed by atoms with Gasteiger partial charge in [0.1, 0.15) is 0 Å². The molecule has 6 heavy (non-hydrogen) atoms. The fraction of sp³-hybridized carbons (Fsp3) is 0.800. The van der Waals surface area contributed by atoms with Gasteiger partial charge in [0.25, 0.3) is 0 Å². The number of hydrogen-bond donors (Lipinski definition) is 0. The Hall–Kier alpha value is -0.0400. The Balaban J connectivity index is 2.09. The quantitative estimate of drug-likeness (QED) is 0.429. The maximum absolute atomic E-state index is 4.91. The molecule has 0 aliphatic heterocycles. The second-order valence-electron chi connectivity index (χ2n) is 1.77. The van der Waals surface area contributed by atoms with E-state index in [-0.39, 0.29) is 0 Å². The van der Waals surface area contributed by atoms with Crippen molar-refractivity contribution in [2.24, 2.45) is 5.92 Å². The van der Waals surface area contributed by atoms with Crippen molar-refractivity contribution in [3.8, 4) is 0 Å². The van der Waals surface area contributed by atoms with Gasteiger partial charge in [0.05, 0.1) is 0 Å². The van der Waals surface area contributed by atoms with E-state index in [4.69, 9.17) is 4.74 Å². The second kappa shape index (κ2) is 1.23. The van der Waals surface area contributed by atoms with E-state index in [0.29, 0.717) is 12.0 Å². The molecule has 1 aliphatic carbocycles. The first-order chi connectivity index (χ1) is 2.84. The fourth-order valence-corrected chi connectivity index (χ4v) is 0.508. The Morgan fingerprint density at radius 1 is 1.83 bits per heavy atom. The van der Waals surface area contributed by atoms with Crippen molar-refractivity contribution in [1.29, 1.82) is 0 Å². The number of methoxy groups -OCH3 is 1. The number of rotatable bonds is 1. The van der Waals surface area contributed by atoms with Crippen LogP contribution in [0.5, 0.6) is 0 Å². The minimum Gasteiger partial charge on any atom is -0.384 e. The highest BCUT2D eigenvalue weighted by Crippen LogP contribution is 2.31. The summed E-state index contributed by atoms with van der Waals surface area (Å²) in [5.41, 5.74) is 0. The van der Waals surface area contributed by atoms with E-state index in [1.54, 1.807) is 7.11 Å². The third-order valence-electron chi connectivity index (χ3n) is 1.16. The van der Waals surface area contributed by atoms with Crippen LogP contribution in [-0.4, -0.2) is 13.2 Å². The Morgan fingerprint density at radius 3 is 2.33 bits per heavy atom. The van der Waals surface area contributed by atoms with Gasteiger partial charge in [0.2, 0.25) is 0 Å². The predicted octanol–water partition coefficient (Wildman–Crippen LogP) is 0.855. The van der Waals surface area contributed by atoms with E-state index < -0.39 is 0 Å². The Labute approximate surface area is 38.3 Å². The lowest BCUT2D eigenvalue weighted by Gasteiger charge is -1.89. The van der Waals surface area contributed by atoms with E-state index in [1.165, 1.54) is 0 Å². The van der Waals surface area contributed by atoms with E-state index >= 15 is 0 Å². The summed E-state index contributed by atoms with van der Waals surface area (Å²) in [7, 11) is 1.73. The molecule has 0 N–H and O–H groups in total. The maximum Gasteiger partial charge on any atom is 0.0357 e. The second-order valence-corrected chi connectivity index (χ2v) is 1.77. The van der Waals surface area contributed by atoms with Crippen molar-refractivity contribution in [3.63, 3.8) is 0 Å². The van der Waals surface area contributed by atoms with Crippen LogP contribution in [0.2, 0.25) is 0 Å². The number of hydrogen-bond acceptors (Lipinski definition) is 1. The molecule has 1 fully saturated rings. The zero-order valence-electron chi connectivity index (χ0n) is 3.98. The van der Waals surface area contributed by atoms with Crippen LogP contribution in [0.15, 0.2) is 0 Å². The topological polar surface area (TPSA) is 9.23 Å². The third kappa shape index (κ3) is 0.548. The van der Waals surface area contributed by atoms with Crippen LogP contribution >= 0.6 is 0 Å². The summed E-state index contributed by atoms with van der Waals surface area (Å²) in [5, 5.41) is 0. The number of ether oxygens (including phenoxy) is 1. The lowest BCUT2D eigenvalue weighted by Crippen LogP contribution is -1.85. The van der Waals surface area contributed by atoms with E-state index in [1.807, 2.05) is 0 Å². The normalized spacial score (nSPS) is 43.0. The lowest BCUT2D eigenvalue weighted by molar-refractivity contribution is 0.175. The molecule has 0 aromatic rings. The molecule has 1 nitrogen and oxygen atoms in total. The van der Waals surface area contributed by atoms with Crippen molar-refractivity contribution < 1.29 is 4.74 Å². The van der Waals surface area contributed by atoms with Crippen molar-refractivity contribution in [2.45, 2.75) is 12.5 Å². The molecule has 0 saturated heterocycles. The summed E-state index contributed by atoms with van der Waals surface area (Å²) in [6, 6.07) is 0. The van der Waals surface area contributed by atoms with E-state index in [2.05, 4.69) is 6.92 Å². The van der Waals surface area contributed by atoms with Gasteiger partial charge in [0.15, 0.2) is 0 Å². The van der Waals surface area contributed by atoms with Crippen molar-refractivity contribution in [2.75, 3.05) is 7.11 Å². The van der Waals surface area contributed by atoms with Crippen molar-refractivity contribution >= 4 is 0 Å². The van der Waals surface area contributed by atoms with Gasteiger partial charge in [-0.1, -0.05) is 6.42 Å². The van der Waals surface area contributed by atoms with Gasteiger partial charge >= 0.3 is 0 Å². The maximum atomic E-state index is 4.91. The Morgan fingerprint density at radius 2 is 2.33 bits per heavy atom. The third-order valence-corrected chi connectivity index (χ3v) is 1.16. The molecule has 1 saturated carbocycles. The molecule has 1 rings (SSSR count). The van der Waals surface area contributed by atoms with Gasteiger partial charge in [0, 0.05) is 13.2 Å². The highest BCUT2D eigenvalue weighted by Gasteiger charge is 2.25. The molecular weight excluding hydrogens is 76.1 g/mol. The molecule has 0 bridgehead atoms. The molecule has 36 valence electrons. The zero-order valence-corrected chi connectivity index (χ0v) is 3.98. The molecule has 0 heterocycles. The van der Waals surface area contributed by atoms with Gasteiger partial charge in [-0.2, -0.15) is 0 Å². The van der Waals surface area contributed by atoms with E-state index in [9.17, 15) is 0 Å². The van der Waals surface area contributed by atoms with Gasteiger partial charge in [-0.15, -0.1) is 5.92 Å². The summed E-state index contributed by atoms with van der Waals surface area (Å²) in [6.45, 7) is 3.78. The van der Waals surface area contributed by atoms with Crippen LogP contribution in [0, 0.1) is 12.8 Å². The fourth-order valence-electron chi connectivity index (χ4n) is 0.508. The largest absolute Gasteiger partial charge is 0.384 e. The van der Waals surface area contributed by atoms with Crippen LogP contribution in [0.25, 0.3) is 0 Å². The minimum absolute atomic E-state index is 0.491. The van der Waals surface area contributed by atoms with Gasteiger partial charge in [-0.3, -0.25) is 0 Å². The lowest BCUT2D eigenvalue weighted by atomic mass is 10.5. The summed E-state index contributed by atoms with van der Waals surface area (Å²) < 4.78 is 4.91. The summed E-state index contributed by atoms with van der Waals surface area (Å²) >= 11 is 0. The molecule has 0 spiro atoms. The van der Waals surface area contributed by atoms with Crippen molar-refractivity contribution in [3.05, 3.63) is 6.92 Å². The first kappa shape index (κ1) is 4.13. The van der Waals surface area contributed by atoms with Crippen LogP contribution in [0.4, 0.5) is 0 Å². The van der Waals surface area contributed by atoms with Crippen LogP contribution in [0.1, 0.15) is 6.42 Å². The van der Waals surface area contributed by atoms with Crippen LogP contribution < -0.4 is 0 Å². The summed E-state index contributed by atoms with van der Waals surface area (Å²) in [4.78, 5) is 0. The molecule has 1 aliphatic rings. The van der Waals surface area contributed by atoms with Gasteiger partial charge in [-0.05, 0) is 0 Å². The zero-order chi connectivity index (χ0) is 4.57. The van der Waals surface area contributed by atoms with E-state index in [0.717, 1.165) is 6.42 Å². The molecule has 0 aromatic heterocycles. The molecule has 1 heteroatoms. The van der Waals surface area contributed by atoms with Crippen LogP contribution in [-0.2, 0) is 4.74 Å².